The van der Waals surface area contributed by atoms with Gasteiger partial charge in [0.1, 0.15) is 23.3 Å². The highest BCUT2D eigenvalue weighted by atomic mass is 32.2. The van der Waals surface area contributed by atoms with Gasteiger partial charge in [-0.15, -0.1) is 0 Å². The molecule has 0 spiro atoms. The van der Waals surface area contributed by atoms with Crippen LogP contribution in [0.1, 0.15) is 22.8 Å². The zero-order chi connectivity index (χ0) is 21.9. The maximum absolute atomic E-state index is 13.2. The minimum absolute atomic E-state index is 0.0360. The molecule has 2 heterocycles. The van der Waals surface area contributed by atoms with Crippen LogP contribution in [0.2, 0.25) is 0 Å². The first-order chi connectivity index (χ1) is 14.1. The molecule has 0 saturated carbocycles. The van der Waals surface area contributed by atoms with Crippen molar-refractivity contribution in [1.82, 2.24) is 24.5 Å². The second-order valence-corrected chi connectivity index (χ2v) is 8.66. The second kappa shape index (κ2) is 8.84. The molecule has 0 unspecified atom stereocenters. The largest absolute Gasteiger partial charge is 0.369 e. The Balaban J connectivity index is 1.59. The summed E-state index contributed by atoms with van der Waals surface area (Å²) in [5.74, 6) is -0.494. The van der Waals surface area contributed by atoms with Crippen molar-refractivity contribution >= 4 is 15.8 Å². The summed E-state index contributed by atoms with van der Waals surface area (Å²) in [4.78, 5) is 8.68. The summed E-state index contributed by atoms with van der Waals surface area (Å²) in [6.45, 7) is 5.88. The highest BCUT2D eigenvalue weighted by Crippen LogP contribution is 2.14. The van der Waals surface area contributed by atoms with Gasteiger partial charge in [-0.1, -0.05) is 0 Å². The number of halogens is 2. The molecule has 3 rings (SSSR count). The second-order valence-electron chi connectivity index (χ2n) is 6.86. The third kappa shape index (κ3) is 5.80. The molecule has 2 aromatic heterocycles. The van der Waals surface area contributed by atoms with Crippen LogP contribution in [0, 0.1) is 32.4 Å². The Morgan fingerprint density at radius 2 is 1.67 bits per heavy atom. The van der Waals surface area contributed by atoms with Crippen molar-refractivity contribution in [2.45, 2.75) is 26.5 Å². The van der Waals surface area contributed by atoms with Crippen LogP contribution in [0.5, 0.6) is 0 Å². The van der Waals surface area contributed by atoms with E-state index in [1.165, 1.54) is 0 Å². The number of benzene rings is 1. The standard InChI is InChI=1S/C19H22F2N6O2S/c1-12-6-13(2)27(26-12)19-10-18(24-14(3)25-19)22-4-5-23-30(28,29)11-15-7-16(20)9-17(21)8-15/h6-10,23H,4-5,11H2,1-3H3,(H,22,24,25). The van der Waals surface area contributed by atoms with Gasteiger partial charge >= 0.3 is 0 Å². The summed E-state index contributed by atoms with van der Waals surface area (Å²) in [7, 11) is -3.75. The van der Waals surface area contributed by atoms with E-state index in [9.17, 15) is 17.2 Å². The summed E-state index contributed by atoms with van der Waals surface area (Å²) >= 11 is 0. The molecule has 30 heavy (non-hydrogen) atoms. The summed E-state index contributed by atoms with van der Waals surface area (Å²) in [6.07, 6.45) is 0. The van der Waals surface area contributed by atoms with E-state index in [1.807, 2.05) is 19.9 Å². The maximum Gasteiger partial charge on any atom is 0.215 e. The lowest BCUT2D eigenvalue weighted by Gasteiger charge is -2.11. The van der Waals surface area contributed by atoms with Crippen molar-refractivity contribution in [3.63, 3.8) is 0 Å². The molecular weight excluding hydrogens is 414 g/mol. The van der Waals surface area contributed by atoms with Gasteiger partial charge in [-0.25, -0.2) is 36.6 Å². The molecule has 0 aliphatic heterocycles. The molecule has 1 aromatic carbocycles. The Morgan fingerprint density at radius 3 is 2.30 bits per heavy atom. The minimum Gasteiger partial charge on any atom is -0.369 e. The molecule has 0 saturated heterocycles. The zero-order valence-electron chi connectivity index (χ0n) is 16.8. The van der Waals surface area contributed by atoms with Crippen molar-refractivity contribution < 1.29 is 17.2 Å². The van der Waals surface area contributed by atoms with Gasteiger partial charge in [0.25, 0.3) is 0 Å². The molecular formula is C19H22F2N6O2S. The number of rotatable bonds is 8. The van der Waals surface area contributed by atoms with Crippen LogP contribution in [0.25, 0.3) is 5.82 Å². The number of aromatic nitrogens is 4. The summed E-state index contributed by atoms with van der Waals surface area (Å²) < 4.78 is 54.8. The lowest BCUT2D eigenvalue weighted by Crippen LogP contribution is -2.30. The van der Waals surface area contributed by atoms with Gasteiger partial charge in [0, 0.05) is 30.9 Å². The zero-order valence-corrected chi connectivity index (χ0v) is 17.6. The molecule has 160 valence electrons. The van der Waals surface area contributed by atoms with E-state index in [1.54, 1.807) is 17.7 Å². The molecule has 3 aromatic rings. The number of nitrogens with one attached hydrogen (secondary N) is 2. The quantitative estimate of drug-likeness (QED) is 0.526. The molecule has 0 fully saturated rings. The van der Waals surface area contributed by atoms with Crippen LogP contribution < -0.4 is 10.0 Å². The Kier molecular flexibility index (Phi) is 6.42. The average molecular weight is 436 g/mol. The van der Waals surface area contributed by atoms with Gasteiger partial charge in [0.05, 0.1) is 11.4 Å². The maximum atomic E-state index is 13.2. The van der Waals surface area contributed by atoms with Crippen molar-refractivity contribution in [1.29, 1.82) is 0 Å². The number of nitrogens with zero attached hydrogens (tertiary/aromatic N) is 4. The first kappa shape index (κ1) is 21.8. The van der Waals surface area contributed by atoms with Gasteiger partial charge in [-0.2, -0.15) is 5.10 Å². The first-order valence-electron chi connectivity index (χ1n) is 9.17. The Hall–Kier alpha value is -2.92. The predicted octanol–water partition coefficient (Wildman–Crippen LogP) is 2.40. The van der Waals surface area contributed by atoms with Gasteiger partial charge in [-0.05, 0) is 44.5 Å². The van der Waals surface area contributed by atoms with Crippen LogP contribution in [0.15, 0.2) is 30.3 Å². The number of hydrogen-bond donors (Lipinski definition) is 2. The van der Waals surface area contributed by atoms with E-state index < -0.39 is 27.4 Å². The van der Waals surface area contributed by atoms with Gasteiger partial charge in [-0.3, -0.25) is 0 Å². The molecule has 0 atom stereocenters. The fourth-order valence-electron chi connectivity index (χ4n) is 2.97. The van der Waals surface area contributed by atoms with Crippen molar-refractivity contribution in [3.8, 4) is 5.82 Å². The fourth-order valence-corrected chi connectivity index (χ4v) is 4.09. The van der Waals surface area contributed by atoms with E-state index >= 15 is 0 Å². The normalized spacial score (nSPS) is 11.6. The molecule has 0 radical (unpaired) electrons. The molecule has 0 aliphatic carbocycles. The predicted molar refractivity (Wildman–Crippen MR) is 109 cm³/mol. The molecule has 0 bridgehead atoms. The lowest BCUT2D eigenvalue weighted by atomic mass is 10.2. The van der Waals surface area contributed by atoms with E-state index in [4.69, 9.17) is 0 Å². The summed E-state index contributed by atoms with van der Waals surface area (Å²) in [5.41, 5.74) is 1.83. The Morgan fingerprint density at radius 1 is 0.967 bits per heavy atom. The summed E-state index contributed by atoms with van der Waals surface area (Å²) in [5, 5.41) is 7.43. The Labute approximate surface area is 173 Å². The number of sulfonamides is 1. The molecule has 0 aliphatic rings. The smallest absolute Gasteiger partial charge is 0.215 e. The third-order valence-corrected chi connectivity index (χ3v) is 5.44. The van der Waals surface area contributed by atoms with E-state index in [-0.39, 0.29) is 18.7 Å². The number of anilines is 1. The molecule has 2 N–H and O–H groups in total. The van der Waals surface area contributed by atoms with Crippen LogP contribution >= 0.6 is 0 Å². The van der Waals surface area contributed by atoms with E-state index in [0.29, 0.717) is 23.5 Å². The van der Waals surface area contributed by atoms with Crippen LogP contribution in [0.3, 0.4) is 0 Å². The molecule has 11 heteroatoms. The van der Waals surface area contributed by atoms with E-state index in [0.717, 1.165) is 23.5 Å². The van der Waals surface area contributed by atoms with Gasteiger partial charge in [0.2, 0.25) is 10.0 Å². The SMILES string of the molecule is Cc1cc(C)n(-c2cc(NCCNS(=O)(=O)Cc3cc(F)cc(F)c3)nc(C)n2)n1. The van der Waals surface area contributed by atoms with Crippen LogP contribution in [-0.2, 0) is 15.8 Å². The van der Waals surface area contributed by atoms with E-state index in [2.05, 4.69) is 25.1 Å². The number of hydrogen-bond acceptors (Lipinski definition) is 6. The fraction of sp³-hybridized carbons (Fsp3) is 0.316. The minimum atomic E-state index is -3.75. The lowest BCUT2D eigenvalue weighted by molar-refractivity contribution is 0.575. The van der Waals surface area contributed by atoms with Gasteiger partial charge < -0.3 is 5.32 Å². The van der Waals surface area contributed by atoms with Crippen LogP contribution in [-0.4, -0.2) is 41.3 Å². The summed E-state index contributed by atoms with van der Waals surface area (Å²) in [6, 6.07) is 6.33. The average Bonchev–Trinajstić information content (AvgIpc) is 2.95. The molecule has 8 nitrogen and oxygen atoms in total. The topological polar surface area (TPSA) is 102 Å². The highest BCUT2D eigenvalue weighted by Gasteiger charge is 2.13. The van der Waals surface area contributed by atoms with Crippen LogP contribution in [0.4, 0.5) is 14.6 Å². The van der Waals surface area contributed by atoms with Crippen molar-refractivity contribution in [3.05, 3.63) is 64.7 Å². The number of aryl methyl sites for hydroxylation is 3. The molecule has 0 amide bonds. The van der Waals surface area contributed by atoms with Crippen molar-refractivity contribution in [2.24, 2.45) is 0 Å². The highest BCUT2D eigenvalue weighted by molar-refractivity contribution is 7.88. The first-order valence-corrected chi connectivity index (χ1v) is 10.8. The van der Waals surface area contributed by atoms with Crippen molar-refractivity contribution in [2.75, 3.05) is 18.4 Å². The third-order valence-electron chi connectivity index (χ3n) is 4.08. The monoisotopic (exact) mass is 436 g/mol. The Bertz CT molecular complexity index is 1140. The van der Waals surface area contributed by atoms with Gasteiger partial charge in [0.15, 0.2) is 5.82 Å².